The van der Waals surface area contributed by atoms with Gasteiger partial charge in [-0.15, -0.1) is 0 Å². The van der Waals surface area contributed by atoms with Gasteiger partial charge in [-0.05, 0) is 37.1 Å². The Kier molecular flexibility index (Phi) is 3.38. The van der Waals surface area contributed by atoms with Crippen LogP contribution in [0.4, 0.5) is 4.39 Å². The summed E-state index contributed by atoms with van der Waals surface area (Å²) in [6.45, 7) is 3.96. The summed E-state index contributed by atoms with van der Waals surface area (Å²) in [5.41, 5.74) is 2.45. The molecule has 1 aromatic carbocycles. The zero-order valence-corrected chi connectivity index (χ0v) is 9.90. The SMILES string of the molecule is Cc1cccnc1COc1cccc(C)c1F. The summed E-state index contributed by atoms with van der Waals surface area (Å²) in [7, 11) is 0. The van der Waals surface area contributed by atoms with Crippen LogP contribution in [0.5, 0.6) is 5.75 Å². The number of aromatic nitrogens is 1. The standard InChI is InChI=1S/C14H14FNO/c1-10-6-4-8-16-12(10)9-17-13-7-3-5-11(2)14(13)15/h3-8H,9H2,1-2H3. The molecule has 0 unspecified atom stereocenters. The molecule has 0 saturated carbocycles. The highest BCUT2D eigenvalue weighted by Gasteiger charge is 2.07. The lowest BCUT2D eigenvalue weighted by atomic mass is 10.2. The molecule has 0 fully saturated rings. The molecular weight excluding hydrogens is 217 g/mol. The van der Waals surface area contributed by atoms with Crippen molar-refractivity contribution in [3.8, 4) is 5.75 Å². The van der Waals surface area contributed by atoms with Gasteiger partial charge >= 0.3 is 0 Å². The van der Waals surface area contributed by atoms with Crippen LogP contribution < -0.4 is 4.74 Å². The third-order valence-corrected chi connectivity index (χ3v) is 2.64. The van der Waals surface area contributed by atoms with Gasteiger partial charge in [0.25, 0.3) is 0 Å². The van der Waals surface area contributed by atoms with Crippen LogP contribution >= 0.6 is 0 Å². The quantitative estimate of drug-likeness (QED) is 0.807. The van der Waals surface area contributed by atoms with E-state index in [-0.39, 0.29) is 18.2 Å². The summed E-state index contributed by atoms with van der Waals surface area (Å²) < 4.78 is 19.1. The van der Waals surface area contributed by atoms with Crippen LogP contribution in [0.1, 0.15) is 16.8 Å². The highest BCUT2D eigenvalue weighted by atomic mass is 19.1. The predicted octanol–water partition coefficient (Wildman–Crippen LogP) is 3.42. The average molecular weight is 231 g/mol. The normalized spacial score (nSPS) is 10.3. The van der Waals surface area contributed by atoms with Gasteiger partial charge in [-0.1, -0.05) is 18.2 Å². The van der Waals surface area contributed by atoms with Gasteiger partial charge in [0.05, 0.1) is 5.69 Å². The molecule has 2 rings (SSSR count). The van der Waals surface area contributed by atoms with Gasteiger partial charge in [0, 0.05) is 6.20 Å². The number of benzene rings is 1. The van der Waals surface area contributed by atoms with E-state index in [2.05, 4.69) is 4.98 Å². The van der Waals surface area contributed by atoms with E-state index in [9.17, 15) is 4.39 Å². The molecule has 0 N–H and O–H groups in total. The minimum Gasteiger partial charge on any atom is -0.484 e. The molecule has 2 nitrogen and oxygen atoms in total. The number of ether oxygens (including phenoxy) is 1. The van der Waals surface area contributed by atoms with Crippen LogP contribution in [0.2, 0.25) is 0 Å². The van der Waals surface area contributed by atoms with Gasteiger partial charge < -0.3 is 4.74 Å². The highest BCUT2D eigenvalue weighted by molar-refractivity contribution is 5.30. The fourth-order valence-corrected chi connectivity index (χ4v) is 1.55. The van der Waals surface area contributed by atoms with Crippen LogP contribution in [0, 0.1) is 19.7 Å². The Morgan fingerprint density at radius 1 is 1.12 bits per heavy atom. The van der Waals surface area contributed by atoms with Crippen molar-refractivity contribution >= 4 is 0 Å². The van der Waals surface area contributed by atoms with Gasteiger partial charge in [-0.2, -0.15) is 0 Å². The van der Waals surface area contributed by atoms with E-state index in [0.29, 0.717) is 5.56 Å². The lowest BCUT2D eigenvalue weighted by Crippen LogP contribution is -2.02. The summed E-state index contributed by atoms with van der Waals surface area (Å²) >= 11 is 0. The fourth-order valence-electron chi connectivity index (χ4n) is 1.55. The lowest BCUT2D eigenvalue weighted by Gasteiger charge is -2.09. The zero-order chi connectivity index (χ0) is 12.3. The first kappa shape index (κ1) is 11.6. The third-order valence-electron chi connectivity index (χ3n) is 2.64. The van der Waals surface area contributed by atoms with Gasteiger partial charge in [-0.3, -0.25) is 4.98 Å². The number of hydrogen-bond donors (Lipinski definition) is 0. The molecule has 88 valence electrons. The van der Waals surface area contributed by atoms with Crippen molar-refractivity contribution in [2.24, 2.45) is 0 Å². The van der Waals surface area contributed by atoms with E-state index in [1.165, 1.54) is 0 Å². The van der Waals surface area contributed by atoms with E-state index >= 15 is 0 Å². The summed E-state index contributed by atoms with van der Waals surface area (Å²) in [5, 5.41) is 0. The average Bonchev–Trinajstić information content (AvgIpc) is 2.33. The van der Waals surface area contributed by atoms with Crippen molar-refractivity contribution in [2.75, 3.05) is 0 Å². The summed E-state index contributed by atoms with van der Waals surface area (Å²) in [6.07, 6.45) is 1.71. The van der Waals surface area contributed by atoms with Crippen molar-refractivity contribution in [2.45, 2.75) is 20.5 Å². The minimum absolute atomic E-state index is 0.273. The van der Waals surface area contributed by atoms with Crippen molar-refractivity contribution in [3.63, 3.8) is 0 Å². The maximum atomic E-state index is 13.7. The number of hydrogen-bond acceptors (Lipinski definition) is 2. The molecule has 0 bridgehead atoms. The van der Waals surface area contributed by atoms with E-state index in [0.717, 1.165) is 11.3 Å². The summed E-state index contributed by atoms with van der Waals surface area (Å²) in [5.74, 6) is -0.0314. The van der Waals surface area contributed by atoms with E-state index in [1.807, 2.05) is 19.1 Å². The van der Waals surface area contributed by atoms with Gasteiger partial charge in [0.2, 0.25) is 0 Å². The molecule has 0 amide bonds. The Bertz CT molecular complexity index is 525. The van der Waals surface area contributed by atoms with Crippen molar-refractivity contribution in [1.29, 1.82) is 0 Å². The Hall–Kier alpha value is -1.90. The molecule has 0 radical (unpaired) electrons. The first-order valence-corrected chi connectivity index (χ1v) is 5.47. The molecule has 1 aromatic heterocycles. The van der Waals surface area contributed by atoms with Crippen LogP contribution in [-0.2, 0) is 6.61 Å². The Morgan fingerprint density at radius 2 is 1.88 bits per heavy atom. The molecule has 3 heteroatoms. The molecule has 1 heterocycles. The highest BCUT2D eigenvalue weighted by Crippen LogP contribution is 2.20. The minimum atomic E-state index is -0.305. The maximum Gasteiger partial charge on any atom is 0.167 e. The second-order valence-corrected chi connectivity index (χ2v) is 3.94. The topological polar surface area (TPSA) is 22.1 Å². The number of pyridine rings is 1. The summed E-state index contributed by atoms with van der Waals surface area (Å²) in [4.78, 5) is 4.20. The first-order chi connectivity index (χ1) is 8.18. The zero-order valence-electron chi connectivity index (χ0n) is 9.90. The molecule has 0 aliphatic rings. The lowest BCUT2D eigenvalue weighted by molar-refractivity contribution is 0.284. The molecule has 17 heavy (non-hydrogen) atoms. The molecule has 0 atom stereocenters. The van der Waals surface area contributed by atoms with Crippen molar-refractivity contribution in [1.82, 2.24) is 4.98 Å². The van der Waals surface area contributed by atoms with Gasteiger partial charge in [-0.25, -0.2) is 4.39 Å². The second kappa shape index (κ2) is 4.95. The second-order valence-electron chi connectivity index (χ2n) is 3.94. The Morgan fingerprint density at radius 3 is 2.65 bits per heavy atom. The number of nitrogens with zero attached hydrogens (tertiary/aromatic N) is 1. The smallest absolute Gasteiger partial charge is 0.167 e. The molecule has 0 spiro atoms. The Labute approximate surface area is 100 Å². The van der Waals surface area contributed by atoms with Crippen LogP contribution in [0.25, 0.3) is 0 Å². The van der Waals surface area contributed by atoms with Crippen molar-refractivity contribution < 1.29 is 9.13 Å². The number of rotatable bonds is 3. The van der Waals surface area contributed by atoms with E-state index in [1.54, 1.807) is 31.3 Å². The predicted molar refractivity (Wildman–Crippen MR) is 64.4 cm³/mol. The monoisotopic (exact) mass is 231 g/mol. The Balaban J connectivity index is 2.13. The number of aryl methyl sites for hydroxylation is 2. The fraction of sp³-hybridized carbons (Fsp3) is 0.214. The van der Waals surface area contributed by atoms with Crippen LogP contribution in [0.3, 0.4) is 0 Å². The largest absolute Gasteiger partial charge is 0.484 e. The molecule has 2 aromatic rings. The van der Waals surface area contributed by atoms with Crippen LogP contribution in [0.15, 0.2) is 36.5 Å². The number of halogens is 1. The molecule has 0 aliphatic carbocycles. The van der Waals surface area contributed by atoms with Crippen molar-refractivity contribution in [3.05, 3.63) is 59.2 Å². The van der Waals surface area contributed by atoms with Crippen LogP contribution in [-0.4, -0.2) is 4.98 Å². The molecular formula is C14H14FNO. The first-order valence-electron chi connectivity index (χ1n) is 5.47. The van der Waals surface area contributed by atoms with Gasteiger partial charge in [0.1, 0.15) is 6.61 Å². The molecule has 0 aliphatic heterocycles. The summed E-state index contributed by atoms with van der Waals surface area (Å²) in [6, 6.07) is 8.94. The third kappa shape index (κ3) is 2.61. The van der Waals surface area contributed by atoms with E-state index < -0.39 is 0 Å². The maximum absolute atomic E-state index is 13.7. The molecule has 0 saturated heterocycles. The van der Waals surface area contributed by atoms with Gasteiger partial charge in [0.15, 0.2) is 11.6 Å². The van der Waals surface area contributed by atoms with E-state index in [4.69, 9.17) is 4.74 Å².